The lowest BCUT2D eigenvalue weighted by molar-refractivity contribution is -0.669. The van der Waals surface area contributed by atoms with E-state index < -0.39 is 0 Å². The highest BCUT2D eigenvalue weighted by Gasteiger charge is 2.54. The molecular weight excluding hydrogens is 1700 g/mol. The average Bonchev–Trinajstić information content (AvgIpc) is 0.888. The maximum atomic E-state index is 6.51. The first-order chi connectivity index (χ1) is 67.4. The van der Waals surface area contributed by atoms with Crippen LogP contribution in [0, 0.1) is 62.3 Å². The Bertz CT molecular complexity index is 8950. The summed E-state index contributed by atoms with van der Waals surface area (Å²) in [6.07, 6.45) is 16.4. The fraction of sp³-hybridized carbons (Fsp3) is 0.175. The summed E-state index contributed by atoms with van der Waals surface area (Å²) in [5, 5.41) is 6.49. The molecule has 14 aromatic heterocycles. The van der Waals surface area contributed by atoms with Crippen LogP contribution in [-0.4, -0.2) is 54.8 Å². The minimum atomic E-state index is 0.0473. The summed E-state index contributed by atoms with van der Waals surface area (Å²) < 4.78 is 28.8. The minimum absolute atomic E-state index is 0.0473. The first kappa shape index (κ1) is 81.1. The summed E-state index contributed by atoms with van der Waals surface area (Å²) >= 11 is 0. The van der Waals surface area contributed by atoms with Crippen LogP contribution in [0.3, 0.4) is 0 Å². The lowest BCUT2D eigenvalue weighted by atomic mass is 9.65. The first-order valence-electron chi connectivity index (χ1n) is 47.6. The number of pyridine rings is 7. The van der Waals surface area contributed by atoms with Crippen LogP contribution in [0.15, 0.2) is 293 Å². The largest absolute Gasteiger partial charge is 0.437 e. The SMILES string of the molecule is Cc1cc(C)c(C)c(-c2ccc3c([n+]2C)C2c4ccccc4C3c3nccnc32)c1.Cc1ccc2c(n1)oc1c(-c3ccc4c([n+]3C)C3c5ccccc5C4c4nccnc43)c(C)cc(C)c12.Cc1ccc2c(n1)oc1c(-c3ccc4c([n+]3C)C3c5ccccc5C4c4nccnc43)c(C)ccc12.Cc1ccc2c(oc3ncccc32)c1-c1ccc2c([n+]1C)C1c3ccccc3C2c2nccnc21. The van der Waals surface area contributed by atoms with Gasteiger partial charge in [0.25, 0.3) is 0 Å². The van der Waals surface area contributed by atoms with Gasteiger partial charge in [-0.15, -0.1) is 0 Å². The number of nitrogens with zero attached hydrogens (tertiary/aromatic N) is 15. The Kier molecular flexibility index (Phi) is 17.8. The minimum Gasteiger partial charge on any atom is -0.437 e. The van der Waals surface area contributed by atoms with Crippen LogP contribution in [0.25, 0.3) is 111 Å². The number of fused-ring (bicyclic) bond motifs is 9. The molecule has 0 amide bonds. The second-order valence-electron chi connectivity index (χ2n) is 38.6. The van der Waals surface area contributed by atoms with Crippen LogP contribution in [0.1, 0.15) is 233 Å². The highest BCUT2D eigenvalue weighted by atomic mass is 16.3. The number of hydrogen-bond donors (Lipinski definition) is 0. The molecule has 0 fully saturated rings. The summed E-state index contributed by atoms with van der Waals surface area (Å²) in [7, 11) is 8.75. The molecule has 8 aromatic carbocycles. The molecular formula is C120H93N15O3+4. The number of benzene rings is 8. The third-order valence-corrected chi connectivity index (χ3v) is 31.3. The highest BCUT2D eigenvalue weighted by Crippen LogP contribution is 2.59. The van der Waals surface area contributed by atoms with E-state index in [1.807, 2.05) is 75.6 Å². The van der Waals surface area contributed by atoms with Crippen molar-refractivity contribution in [2.45, 2.75) is 110 Å². The van der Waals surface area contributed by atoms with Gasteiger partial charge in [0.1, 0.15) is 51.9 Å². The van der Waals surface area contributed by atoms with Gasteiger partial charge in [-0.1, -0.05) is 139 Å². The number of furan rings is 3. The molecule has 0 radical (unpaired) electrons. The Morgan fingerprint density at radius 2 is 0.551 bits per heavy atom. The second kappa shape index (κ2) is 30.3. The quantitative estimate of drug-likeness (QED) is 0.151. The molecule has 0 saturated carbocycles. The van der Waals surface area contributed by atoms with Crippen molar-refractivity contribution >= 4 is 66.2 Å². The van der Waals surface area contributed by atoms with Crippen LogP contribution in [-0.2, 0) is 28.2 Å². The van der Waals surface area contributed by atoms with Crippen LogP contribution >= 0.6 is 0 Å². The van der Waals surface area contributed by atoms with E-state index in [0.29, 0.717) is 17.1 Å². The summed E-state index contributed by atoms with van der Waals surface area (Å²) in [5.41, 5.74) is 54.6. The van der Waals surface area contributed by atoms with Crippen molar-refractivity contribution in [2.24, 2.45) is 28.2 Å². The van der Waals surface area contributed by atoms with Crippen molar-refractivity contribution in [1.29, 1.82) is 0 Å². The van der Waals surface area contributed by atoms with Crippen molar-refractivity contribution in [3.05, 3.63) is 466 Å². The van der Waals surface area contributed by atoms with Gasteiger partial charge in [0, 0.05) is 152 Å². The highest BCUT2D eigenvalue weighted by molar-refractivity contribution is 6.12. The Hall–Kier alpha value is -16.5. The first-order valence-corrected chi connectivity index (χ1v) is 47.6. The van der Waals surface area contributed by atoms with Crippen LogP contribution < -0.4 is 18.3 Å². The van der Waals surface area contributed by atoms with Crippen molar-refractivity contribution in [1.82, 2.24) is 54.8 Å². The molecule has 8 bridgehead atoms. The van der Waals surface area contributed by atoms with Gasteiger partial charge < -0.3 is 13.3 Å². The summed E-state index contributed by atoms with van der Waals surface area (Å²) in [6, 6.07) is 81.2. The molecule has 138 heavy (non-hydrogen) atoms. The standard InChI is InChI=1S/C32H25N4O.C31H23N4O.C30H21N4O.C27H24N3/c1-16-15-17(2)25(31-24(16)22-10-9-18(3)35-32(22)37-31)23-12-11-21-26-19-7-5-6-8-20(19)27(30(21)36(23)4)29-28(26)33-13-14-34-29;1-16-8-10-20-21-11-9-17(2)34-31(21)36-30(20)24(16)23-13-12-22-25-18-6-4-5-7-19(18)26(29(22)35(23)3)28-27(25)32-14-15-33-28;1-16-9-10-19-20-8-5-13-33-30(20)35-29(19)23(16)22-12-11-21-24-17-6-3-4-7-18(17)25(28(21)34(22)2)27-26(24)31-14-15-32-27;1-15-13-16(2)17(3)21(14-15)22-10-9-20-23-18-7-5-6-8-19(18)24(27(20)30(22)4)26-25(23)28-11-12-29-26/h5-15,26-27H,1-4H3;4-15,25-26H,1-3H3;3-15,24-25H,1-2H3;5-14,23-24H,1-4H3/q4*+1. The molecule has 34 rings (SSSR count). The zero-order valence-corrected chi connectivity index (χ0v) is 78.6. The summed E-state index contributed by atoms with van der Waals surface area (Å²) in [5.74, 6) is 0.726. The fourth-order valence-corrected chi connectivity index (χ4v) is 25.3. The molecule has 0 spiro atoms. The monoisotopic (exact) mass is 1790 g/mol. The number of hydrogen-bond acceptors (Lipinski definition) is 14. The van der Waals surface area contributed by atoms with E-state index in [-0.39, 0.29) is 47.3 Å². The molecule has 0 saturated heterocycles. The van der Waals surface area contributed by atoms with Gasteiger partial charge in [0.2, 0.25) is 39.9 Å². The van der Waals surface area contributed by atoms with E-state index in [2.05, 4.69) is 317 Å². The average molecular weight is 1790 g/mol. The molecule has 14 heterocycles. The number of aryl methyl sites for hydroxylation is 8. The molecule has 18 heteroatoms. The predicted octanol–water partition coefficient (Wildman–Crippen LogP) is 22.5. The number of aromatic nitrogens is 15. The van der Waals surface area contributed by atoms with Crippen LogP contribution in [0.5, 0.6) is 0 Å². The van der Waals surface area contributed by atoms with E-state index in [1.165, 1.54) is 140 Å². The van der Waals surface area contributed by atoms with Crippen molar-refractivity contribution < 1.29 is 31.5 Å². The maximum absolute atomic E-state index is 6.51. The van der Waals surface area contributed by atoms with Gasteiger partial charge in [-0.3, -0.25) is 39.9 Å². The molecule has 22 aromatic rings. The smallest absolute Gasteiger partial charge is 0.227 e. The van der Waals surface area contributed by atoms with Gasteiger partial charge in [0.15, 0.2) is 39.5 Å². The predicted molar refractivity (Wildman–Crippen MR) is 532 cm³/mol. The lowest BCUT2D eigenvalue weighted by Gasteiger charge is -2.37. The summed E-state index contributed by atoms with van der Waals surface area (Å²) in [6.45, 7) is 19.2. The van der Waals surface area contributed by atoms with Gasteiger partial charge in [0.05, 0.1) is 85.9 Å². The van der Waals surface area contributed by atoms with Crippen molar-refractivity contribution in [3.63, 3.8) is 0 Å². The van der Waals surface area contributed by atoms with Crippen molar-refractivity contribution in [3.8, 4) is 45.0 Å². The normalized spacial score (nSPS) is 17.5. The topological polar surface area (TPSA) is 197 Å². The van der Waals surface area contributed by atoms with Gasteiger partial charge in [-0.25, -0.2) is 15.0 Å². The molecule has 0 aliphatic heterocycles. The Morgan fingerprint density at radius 3 is 0.949 bits per heavy atom. The Morgan fingerprint density at radius 1 is 0.232 bits per heavy atom. The van der Waals surface area contributed by atoms with E-state index >= 15 is 0 Å². The van der Waals surface area contributed by atoms with E-state index in [4.69, 9.17) is 58.1 Å². The Balaban J connectivity index is 0.0000000931. The molecule has 8 unspecified atom stereocenters. The van der Waals surface area contributed by atoms with Gasteiger partial charge >= 0.3 is 0 Å². The van der Waals surface area contributed by atoms with Gasteiger partial charge in [-0.2, -0.15) is 18.3 Å². The second-order valence-corrected chi connectivity index (χ2v) is 38.6. The molecule has 12 aliphatic carbocycles. The lowest BCUT2D eigenvalue weighted by Crippen LogP contribution is -2.44. The molecule has 8 atom stereocenters. The van der Waals surface area contributed by atoms with Crippen LogP contribution in [0.4, 0.5) is 0 Å². The summed E-state index contributed by atoms with van der Waals surface area (Å²) in [4.78, 5) is 52.4. The van der Waals surface area contributed by atoms with Gasteiger partial charge in [-0.05, 0) is 207 Å². The third kappa shape index (κ3) is 11.5. The third-order valence-electron chi connectivity index (χ3n) is 31.3. The van der Waals surface area contributed by atoms with E-state index in [9.17, 15) is 0 Å². The fourth-order valence-electron chi connectivity index (χ4n) is 25.3. The molecule has 0 N–H and O–H groups in total. The zero-order chi connectivity index (χ0) is 93.0. The molecule has 12 aliphatic rings. The Labute approximate surface area is 796 Å². The van der Waals surface area contributed by atoms with Crippen molar-refractivity contribution in [2.75, 3.05) is 0 Å². The molecule has 662 valence electrons. The number of rotatable bonds is 4. The molecule has 18 nitrogen and oxygen atoms in total. The van der Waals surface area contributed by atoms with E-state index in [0.717, 1.165) is 140 Å². The maximum Gasteiger partial charge on any atom is 0.227 e. The van der Waals surface area contributed by atoms with E-state index in [1.54, 1.807) is 6.20 Å². The van der Waals surface area contributed by atoms with Crippen LogP contribution in [0.2, 0.25) is 0 Å². The zero-order valence-electron chi connectivity index (χ0n) is 78.6.